The number of furan rings is 1. The molecule has 0 unspecified atom stereocenters. The zero-order valence-corrected chi connectivity index (χ0v) is 16.9. The van der Waals surface area contributed by atoms with Crippen LogP contribution in [0.25, 0.3) is 11.3 Å². The molecule has 31 heavy (non-hydrogen) atoms. The molecule has 3 aromatic rings. The first-order valence-corrected chi connectivity index (χ1v) is 9.25. The Bertz CT molecular complexity index is 1200. The Morgan fingerprint density at radius 3 is 2.58 bits per heavy atom. The molecule has 1 aromatic carbocycles. The predicted molar refractivity (Wildman–Crippen MR) is 110 cm³/mol. The average Bonchev–Trinajstić information content (AvgIpc) is 3.22. The summed E-state index contributed by atoms with van der Waals surface area (Å²) >= 11 is 5.86. The van der Waals surface area contributed by atoms with E-state index in [4.69, 9.17) is 16.0 Å². The highest BCUT2D eigenvalue weighted by atomic mass is 35.5. The number of carbonyl (C=O) groups is 2. The van der Waals surface area contributed by atoms with E-state index in [1.54, 1.807) is 36.4 Å². The Morgan fingerprint density at radius 1 is 1.23 bits per heavy atom. The van der Waals surface area contributed by atoms with E-state index in [0.717, 1.165) is 29.5 Å². The fraction of sp³-hybridized carbons (Fsp3) is 0.150. The monoisotopic (exact) mass is 445 g/mol. The highest BCUT2D eigenvalue weighted by molar-refractivity contribution is 6.30. The molecule has 0 aliphatic carbocycles. The number of benzene rings is 1. The van der Waals surface area contributed by atoms with Gasteiger partial charge in [-0.25, -0.2) is 4.79 Å². The van der Waals surface area contributed by atoms with E-state index < -0.39 is 34.6 Å². The van der Waals surface area contributed by atoms with Crippen molar-refractivity contribution in [3.8, 4) is 11.3 Å². The first-order chi connectivity index (χ1) is 14.8. The van der Waals surface area contributed by atoms with Crippen LogP contribution in [-0.4, -0.2) is 28.5 Å². The minimum absolute atomic E-state index is 0.0277. The average molecular weight is 446 g/mol. The Labute approximate surface area is 180 Å². The number of aromatic nitrogens is 1. The van der Waals surface area contributed by atoms with Crippen molar-refractivity contribution in [3.05, 3.63) is 85.5 Å². The van der Waals surface area contributed by atoms with Crippen LogP contribution >= 0.6 is 11.6 Å². The van der Waals surface area contributed by atoms with Crippen LogP contribution in [0.15, 0.2) is 57.9 Å². The Hall–Kier alpha value is -3.92. The molecule has 3 rings (SSSR count). The number of nitro groups is 1. The number of methoxy groups -OCH3 is 1. The van der Waals surface area contributed by atoms with Crippen LogP contribution in [0.1, 0.15) is 16.1 Å². The molecule has 1 N–H and O–H groups in total. The number of nitrogens with zero attached hydrogens (tertiary/aromatic N) is 2. The van der Waals surface area contributed by atoms with Gasteiger partial charge in [0.25, 0.3) is 0 Å². The van der Waals surface area contributed by atoms with Crippen LogP contribution in [0, 0.1) is 10.1 Å². The van der Waals surface area contributed by atoms with Crippen LogP contribution in [0.3, 0.4) is 0 Å². The number of amides is 1. The van der Waals surface area contributed by atoms with Gasteiger partial charge in [0.05, 0.1) is 24.1 Å². The molecule has 2 heterocycles. The number of hydrogen-bond donors (Lipinski definition) is 1. The lowest BCUT2D eigenvalue weighted by Gasteiger charge is -2.08. The standard InChI is InChI=1S/C20H16ClN3O7/c1-30-20(27)13-8-16(24(28)29)19(26)23(10-13)11-18(25)22-9-15-6-7-17(31-15)12-2-4-14(21)5-3-12/h2-8,10H,9,11H2,1H3,(H,22,25). The summed E-state index contributed by atoms with van der Waals surface area (Å²) in [4.78, 5) is 46.4. The zero-order chi connectivity index (χ0) is 22.5. The van der Waals surface area contributed by atoms with Crippen molar-refractivity contribution in [2.45, 2.75) is 13.1 Å². The summed E-state index contributed by atoms with van der Waals surface area (Å²) in [6.07, 6.45) is 1.03. The molecule has 0 fully saturated rings. The molecule has 0 radical (unpaired) electrons. The quantitative estimate of drug-likeness (QED) is 0.335. The largest absolute Gasteiger partial charge is 0.465 e. The summed E-state index contributed by atoms with van der Waals surface area (Å²) in [6.45, 7) is -0.505. The molecule has 0 bridgehead atoms. The van der Waals surface area contributed by atoms with Gasteiger partial charge >= 0.3 is 17.2 Å². The van der Waals surface area contributed by atoms with E-state index in [9.17, 15) is 24.5 Å². The molecule has 2 aromatic heterocycles. The highest BCUT2D eigenvalue weighted by Gasteiger charge is 2.21. The van der Waals surface area contributed by atoms with Crippen LogP contribution in [-0.2, 0) is 22.6 Å². The number of nitrogens with one attached hydrogen (secondary N) is 1. The zero-order valence-electron chi connectivity index (χ0n) is 16.2. The molecule has 0 saturated heterocycles. The van der Waals surface area contributed by atoms with Crippen molar-refractivity contribution < 1.29 is 23.7 Å². The predicted octanol–water partition coefficient (Wildman–Crippen LogP) is 2.77. The number of hydrogen-bond acceptors (Lipinski definition) is 7. The summed E-state index contributed by atoms with van der Waals surface area (Å²) in [6, 6.07) is 11.2. The number of carbonyl (C=O) groups excluding carboxylic acids is 2. The maximum Gasteiger partial charge on any atom is 0.339 e. The second-order valence-corrected chi connectivity index (χ2v) is 6.78. The Kier molecular flexibility index (Phi) is 6.51. The van der Waals surface area contributed by atoms with Crippen LogP contribution in [0.2, 0.25) is 5.02 Å². The van der Waals surface area contributed by atoms with E-state index in [-0.39, 0.29) is 12.1 Å². The van der Waals surface area contributed by atoms with E-state index in [1.807, 2.05) is 0 Å². The second-order valence-electron chi connectivity index (χ2n) is 6.35. The van der Waals surface area contributed by atoms with Gasteiger partial charge in [0.15, 0.2) is 0 Å². The second kappa shape index (κ2) is 9.26. The number of pyridine rings is 1. The summed E-state index contributed by atoms with van der Waals surface area (Å²) in [5, 5.41) is 14.2. The summed E-state index contributed by atoms with van der Waals surface area (Å²) < 4.78 is 11.0. The molecule has 0 spiro atoms. The lowest BCUT2D eigenvalue weighted by atomic mass is 10.2. The number of esters is 1. The molecule has 11 heteroatoms. The van der Waals surface area contributed by atoms with Crippen molar-refractivity contribution in [2.24, 2.45) is 0 Å². The van der Waals surface area contributed by atoms with E-state index in [2.05, 4.69) is 10.1 Å². The van der Waals surface area contributed by atoms with Gasteiger partial charge in [0, 0.05) is 22.8 Å². The Morgan fingerprint density at radius 2 is 1.94 bits per heavy atom. The molecule has 0 atom stereocenters. The van der Waals surface area contributed by atoms with Gasteiger partial charge in [-0.2, -0.15) is 0 Å². The van der Waals surface area contributed by atoms with Gasteiger partial charge in [0.2, 0.25) is 5.91 Å². The fourth-order valence-corrected chi connectivity index (χ4v) is 2.86. The maximum absolute atomic E-state index is 12.3. The third-order valence-electron chi connectivity index (χ3n) is 4.25. The topological polar surface area (TPSA) is 134 Å². The highest BCUT2D eigenvalue weighted by Crippen LogP contribution is 2.23. The minimum atomic E-state index is -1.02. The molecule has 0 aliphatic rings. The number of halogens is 1. The van der Waals surface area contributed by atoms with Crippen LogP contribution in [0.4, 0.5) is 5.69 Å². The number of ether oxygens (including phenoxy) is 1. The molecular weight excluding hydrogens is 430 g/mol. The third-order valence-corrected chi connectivity index (χ3v) is 4.50. The first-order valence-electron chi connectivity index (χ1n) is 8.87. The number of rotatable bonds is 7. The van der Waals surface area contributed by atoms with Gasteiger partial charge < -0.3 is 14.5 Å². The van der Waals surface area contributed by atoms with Crippen molar-refractivity contribution in [2.75, 3.05) is 7.11 Å². The van der Waals surface area contributed by atoms with E-state index in [1.165, 1.54) is 0 Å². The van der Waals surface area contributed by atoms with Gasteiger partial charge in [-0.15, -0.1) is 0 Å². The summed E-state index contributed by atoms with van der Waals surface area (Å²) in [5.41, 5.74) is -1.27. The maximum atomic E-state index is 12.3. The summed E-state index contributed by atoms with van der Waals surface area (Å²) in [5.74, 6) is -0.441. The van der Waals surface area contributed by atoms with Gasteiger partial charge in [-0.3, -0.25) is 24.3 Å². The van der Waals surface area contributed by atoms with Crippen molar-refractivity contribution in [1.29, 1.82) is 0 Å². The van der Waals surface area contributed by atoms with Crippen LogP contribution < -0.4 is 10.9 Å². The van der Waals surface area contributed by atoms with E-state index >= 15 is 0 Å². The fourth-order valence-electron chi connectivity index (χ4n) is 2.74. The lowest BCUT2D eigenvalue weighted by molar-refractivity contribution is -0.386. The first kappa shape index (κ1) is 21.8. The molecule has 1 amide bonds. The lowest BCUT2D eigenvalue weighted by Crippen LogP contribution is -2.33. The normalized spacial score (nSPS) is 10.5. The van der Waals surface area contributed by atoms with Gasteiger partial charge in [-0.05, 0) is 36.4 Å². The molecular formula is C20H16ClN3O7. The van der Waals surface area contributed by atoms with Gasteiger partial charge in [0.1, 0.15) is 18.1 Å². The SMILES string of the molecule is COC(=O)c1cc([N+](=O)[O-])c(=O)n(CC(=O)NCc2ccc(-c3ccc(Cl)cc3)o2)c1. The molecule has 0 saturated carbocycles. The minimum Gasteiger partial charge on any atom is -0.465 e. The third kappa shape index (κ3) is 5.17. The molecule has 160 valence electrons. The van der Waals surface area contributed by atoms with Crippen molar-refractivity contribution >= 4 is 29.2 Å². The Balaban J connectivity index is 1.70. The molecule has 10 nitrogen and oxygen atoms in total. The van der Waals surface area contributed by atoms with Gasteiger partial charge in [-0.1, -0.05) is 11.6 Å². The van der Waals surface area contributed by atoms with Crippen LogP contribution in [0.5, 0.6) is 0 Å². The smallest absolute Gasteiger partial charge is 0.339 e. The van der Waals surface area contributed by atoms with Crippen molar-refractivity contribution in [1.82, 2.24) is 9.88 Å². The molecule has 0 aliphatic heterocycles. The van der Waals surface area contributed by atoms with E-state index in [0.29, 0.717) is 16.5 Å². The summed E-state index contributed by atoms with van der Waals surface area (Å²) in [7, 11) is 1.10. The van der Waals surface area contributed by atoms with Crippen molar-refractivity contribution in [3.63, 3.8) is 0 Å².